The number of sulfonamides is 1. The van der Waals surface area contributed by atoms with E-state index in [2.05, 4.69) is 4.72 Å². The van der Waals surface area contributed by atoms with E-state index in [-0.39, 0.29) is 9.09 Å². The fourth-order valence-corrected chi connectivity index (χ4v) is 4.10. The number of nitrogens with one attached hydrogen (secondary N) is 1. The first-order valence-corrected chi connectivity index (χ1v) is 8.19. The van der Waals surface area contributed by atoms with Crippen molar-refractivity contribution in [3.63, 3.8) is 0 Å². The van der Waals surface area contributed by atoms with Gasteiger partial charge in [0, 0.05) is 19.8 Å². The Morgan fingerprint density at radius 1 is 1.53 bits per heavy atom. The lowest BCUT2D eigenvalue weighted by atomic mass is 10.1. The molecule has 106 valence electrons. The van der Waals surface area contributed by atoms with Crippen molar-refractivity contribution >= 4 is 27.3 Å². The van der Waals surface area contributed by atoms with Gasteiger partial charge in [0.2, 0.25) is 10.0 Å². The average molecular weight is 305 g/mol. The van der Waals surface area contributed by atoms with E-state index in [9.17, 15) is 13.2 Å². The summed E-state index contributed by atoms with van der Waals surface area (Å²) in [7, 11) is -3.60. The highest BCUT2D eigenvalue weighted by molar-refractivity contribution is 7.91. The molecule has 2 rings (SSSR count). The second kappa shape index (κ2) is 6.00. The van der Waals surface area contributed by atoms with Crippen LogP contribution in [0.1, 0.15) is 22.5 Å². The number of rotatable bonds is 6. The molecule has 0 aliphatic carbocycles. The number of thiophene rings is 1. The summed E-state index contributed by atoms with van der Waals surface area (Å²) in [6.07, 6.45) is 1.69. The van der Waals surface area contributed by atoms with Crippen molar-refractivity contribution in [2.24, 2.45) is 5.92 Å². The molecule has 1 aliphatic heterocycles. The second-order valence-corrected chi connectivity index (χ2v) is 7.42. The van der Waals surface area contributed by atoms with Crippen LogP contribution in [0.15, 0.2) is 16.3 Å². The highest BCUT2D eigenvalue weighted by atomic mass is 32.2. The van der Waals surface area contributed by atoms with Crippen LogP contribution in [0, 0.1) is 5.92 Å². The van der Waals surface area contributed by atoms with Gasteiger partial charge in [-0.05, 0) is 30.9 Å². The molecule has 19 heavy (non-hydrogen) atoms. The molecule has 0 aromatic carbocycles. The fraction of sp³-hybridized carbons (Fsp3) is 0.545. The first kappa shape index (κ1) is 14.4. The summed E-state index contributed by atoms with van der Waals surface area (Å²) in [5.41, 5.74) is 0. The van der Waals surface area contributed by atoms with Gasteiger partial charge in [-0.25, -0.2) is 17.9 Å². The van der Waals surface area contributed by atoms with Crippen LogP contribution in [-0.4, -0.2) is 39.3 Å². The number of hydrogen-bond acceptors (Lipinski definition) is 5. The predicted octanol–water partition coefficient (Wildman–Crippen LogP) is 1.15. The van der Waals surface area contributed by atoms with Crippen LogP contribution in [0.4, 0.5) is 0 Å². The van der Waals surface area contributed by atoms with Crippen LogP contribution in [-0.2, 0) is 14.8 Å². The minimum absolute atomic E-state index is 0.0181. The SMILES string of the molecule is O=C(O)c1ccc(S(=O)(=O)NCCC2CCOC2)s1. The topological polar surface area (TPSA) is 92.7 Å². The quantitative estimate of drug-likeness (QED) is 0.822. The Balaban J connectivity index is 1.91. The number of hydrogen-bond donors (Lipinski definition) is 2. The van der Waals surface area contributed by atoms with E-state index < -0.39 is 16.0 Å². The van der Waals surface area contributed by atoms with Crippen molar-refractivity contribution in [2.45, 2.75) is 17.1 Å². The summed E-state index contributed by atoms with van der Waals surface area (Å²) >= 11 is 0.756. The second-order valence-electron chi connectivity index (χ2n) is 4.34. The Labute approximate surface area is 115 Å². The Kier molecular flexibility index (Phi) is 4.56. The summed E-state index contributed by atoms with van der Waals surface area (Å²) in [4.78, 5) is 10.7. The van der Waals surface area contributed by atoms with Gasteiger partial charge >= 0.3 is 5.97 Å². The van der Waals surface area contributed by atoms with Crippen molar-refractivity contribution in [2.75, 3.05) is 19.8 Å². The molecule has 0 bridgehead atoms. The summed E-state index contributed by atoms with van der Waals surface area (Å²) in [5, 5.41) is 8.76. The van der Waals surface area contributed by atoms with E-state index in [0.717, 1.165) is 30.8 Å². The van der Waals surface area contributed by atoms with Gasteiger partial charge in [0.1, 0.15) is 9.09 Å². The highest BCUT2D eigenvalue weighted by Gasteiger charge is 2.20. The Bertz CT molecular complexity index is 545. The van der Waals surface area contributed by atoms with Gasteiger partial charge in [-0.15, -0.1) is 11.3 Å². The van der Waals surface area contributed by atoms with Crippen molar-refractivity contribution in [3.8, 4) is 0 Å². The molecule has 0 radical (unpaired) electrons. The fourth-order valence-electron chi connectivity index (χ4n) is 1.86. The molecule has 8 heteroatoms. The Morgan fingerprint density at radius 3 is 2.89 bits per heavy atom. The van der Waals surface area contributed by atoms with E-state index in [0.29, 0.717) is 19.1 Å². The summed E-state index contributed by atoms with van der Waals surface area (Å²) in [6, 6.07) is 2.61. The zero-order chi connectivity index (χ0) is 13.9. The van der Waals surface area contributed by atoms with Crippen LogP contribution in [0.5, 0.6) is 0 Å². The molecule has 1 aromatic heterocycles. The Hall–Kier alpha value is -0.960. The lowest BCUT2D eigenvalue weighted by molar-refractivity contribution is 0.0702. The average Bonchev–Trinajstić information content (AvgIpc) is 2.99. The standard InChI is InChI=1S/C11H15NO5S2/c13-11(14)9-1-2-10(18-9)19(15,16)12-5-3-8-4-6-17-7-8/h1-2,8,12H,3-7H2,(H,13,14). The van der Waals surface area contributed by atoms with Gasteiger partial charge in [-0.3, -0.25) is 0 Å². The first-order chi connectivity index (χ1) is 8.99. The lowest BCUT2D eigenvalue weighted by Gasteiger charge is -2.08. The third-order valence-electron chi connectivity index (χ3n) is 2.93. The van der Waals surface area contributed by atoms with Gasteiger partial charge in [-0.2, -0.15) is 0 Å². The maximum absolute atomic E-state index is 11.9. The molecule has 0 spiro atoms. The van der Waals surface area contributed by atoms with Gasteiger partial charge in [0.25, 0.3) is 0 Å². The van der Waals surface area contributed by atoms with Crippen molar-refractivity contribution in [1.82, 2.24) is 4.72 Å². The molecule has 1 aliphatic rings. The zero-order valence-electron chi connectivity index (χ0n) is 10.2. The molecule has 1 fully saturated rings. The van der Waals surface area contributed by atoms with E-state index >= 15 is 0 Å². The van der Waals surface area contributed by atoms with Gasteiger partial charge in [0.05, 0.1) is 0 Å². The van der Waals surface area contributed by atoms with E-state index in [4.69, 9.17) is 9.84 Å². The molecule has 2 heterocycles. The molecule has 1 saturated heterocycles. The van der Waals surface area contributed by atoms with Crippen molar-refractivity contribution in [1.29, 1.82) is 0 Å². The highest BCUT2D eigenvalue weighted by Crippen LogP contribution is 2.22. The van der Waals surface area contributed by atoms with Crippen molar-refractivity contribution < 1.29 is 23.1 Å². The monoisotopic (exact) mass is 305 g/mol. The summed E-state index contributed by atoms with van der Waals surface area (Å²) in [6.45, 7) is 1.77. The number of carboxylic acids is 1. The number of aromatic carboxylic acids is 1. The molecule has 0 amide bonds. The lowest BCUT2D eigenvalue weighted by Crippen LogP contribution is -2.25. The van der Waals surface area contributed by atoms with Crippen LogP contribution < -0.4 is 4.72 Å². The summed E-state index contributed by atoms with van der Waals surface area (Å²) in [5.74, 6) is -0.713. The first-order valence-electron chi connectivity index (χ1n) is 5.89. The van der Waals surface area contributed by atoms with Crippen LogP contribution in [0.2, 0.25) is 0 Å². The van der Waals surface area contributed by atoms with Crippen LogP contribution in [0.3, 0.4) is 0 Å². The largest absolute Gasteiger partial charge is 0.477 e. The van der Waals surface area contributed by atoms with Crippen LogP contribution in [0.25, 0.3) is 0 Å². The van der Waals surface area contributed by atoms with Gasteiger partial charge in [-0.1, -0.05) is 0 Å². The third kappa shape index (κ3) is 3.75. The zero-order valence-corrected chi connectivity index (χ0v) is 11.8. The smallest absolute Gasteiger partial charge is 0.345 e. The maximum Gasteiger partial charge on any atom is 0.345 e. The molecule has 1 aromatic rings. The maximum atomic E-state index is 11.9. The number of ether oxygens (including phenoxy) is 1. The van der Waals surface area contributed by atoms with Gasteiger partial charge in [0.15, 0.2) is 0 Å². The third-order valence-corrected chi connectivity index (χ3v) is 5.95. The van der Waals surface area contributed by atoms with E-state index in [1.54, 1.807) is 0 Å². The predicted molar refractivity (Wildman–Crippen MR) is 70.0 cm³/mol. The number of carboxylic acid groups (broad SMARTS) is 1. The minimum atomic E-state index is -3.60. The normalized spacial score (nSPS) is 19.7. The molecule has 2 N–H and O–H groups in total. The molecule has 1 atom stereocenters. The van der Waals surface area contributed by atoms with Crippen LogP contribution >= 0.6 is 11.3 Å². The van der Waals surface area contributed by atoms with E-state index in [1.165, 1.54) is 12.1 Å². The molecule has 6 nitrogen and oxygen atoms in total. The minimum Gasteiger partial charge on any atom is -0.477 e. The van der Waals surface area contributed by atoms with E-state index in [1.807, 2.05) is 0 Å². The molecular weight excluding hydrogens is 290 g/mol. The Morgan fingerprint density at radius 2 is 2.32 bits per heavy atom. The van der Waals surface area contributed by atoms with Crippen molar-refractivity contribution in [3.05, 3.63) is 17.0 Å². The number of carbonyl (C=O) groups is 1. The molecular formula is C11H15NO5S2. The summed E-state index contributed by atoms with van der Waals surface area (Å²) < 4.78 is 31.6. The molecule has 1 unspecified atom stereocenters. The molecule has 0 saturated carbocycles. The van der Waals surface area contributed by atoms with Gasteiger partial charge < -0.3 is 9.84 Å².